The SMILES string of the molecule is CCN=C1S/C(=C/c2ccc(-c3c(Cl)cccc3Cl)o2)C(=O)N1CC. The van der Waals surface area contributed by atoms with E-state index in [1.807, 2.05) is 13.8 Å². The van der Waals surface area contributed by atoms with E-state index in [4.69, 9.17) is 27.6 Å². The van der Waals surface area contributed by atoms with E-state index in [0.29, 0.717) is 45.1 Å². The predicted octanol–water partition coefficient (Wildman–Crippen LogP) is 5.57. The molecule has 0 atom stereocenters. The highest BCUT2D eigenvalue weighted by Gasteiger charge is 2.32. The lowest BCUT2D eigenvalue weighted by molar-refractivity contribution is -0.122. The van der Waals surface area contributed by atoms with Crippen molar-refractivity contribution in [3.8, 4) is 11.3 Å². The monoisotopic (exact) mass is 394 g/mol. The fraction of sp³-hybridized carbons (Fsp3) is 0.222. The van der Waals surface area contributed by atoms with Gasteiger partial charge in [0.15, 0.2) is 5.17 Å². The summed E-state index contributed by atoms with van der Waals surface area (Å²) in [6, 6.07) is 8.88. The molecule has 0 bridgehead atoms. The molecule has 1 aromatic carbocycles. The Balaban J connectivity index is 1.92. The van der Waals surface area contributed by atoms with Gasteiger partial charge in [-0.25, -0.2) is 0 Å². The first-order valence-electron chi connectivity index (χ1n) is 7.85. The Morgan fingerprint density at radius 2 is 1.92 bits per heavy atom. The van der Waals surface area contributed by atoms with Crippen LogP contribution in [0.25, 0.3) is 17.4 Å². The summed E-state index contributed by atoms with van der Waals surface area (Å²) in [5.74, 6) is 1.07. The maximum Gasteiger partial charge on any atom is 0.266 e. The van der Waals surface area contributed by atoms with Gasteiger partial charge in [-0.05, 0) is 49.9 Å². The molecular formula is C18H16Cl2N2O2S. The molecule has 1 aromatic heterocycles. The number of carbonyl (C=O) groups excluding carboxylic acids is 1. The molecule has 0 unspecified atom stereocenters. The van der Waals surface area contributed by atoms with Crippen molar-refractivity contribution in [3.63, 3.8) is 0 Å². The van der Waals surface area contributed by atoms with Crippen LogP contribution >= 0.6 is 35.0 Å². The third-order valence-corrected chi connectivity index (χ3v) is 5.28. The first-order chi connectivity index (χ1) is 12.0. The fourth-order valence-corrected chi connectivity index (χ4v) is 4.14. The number of thioether (sulfide) groups is 1. The van der Waals surface area contributed by atoms with Crippen LogP contribution in [0.2, 0.25) is 10.0 Å². The van der Waals surface area contributed by atoms with Crippen LogP contribution in [-0.2, 0) is 4.79 Å². The minimum Gasteiger partial charge on any atom is -0.457 e. The average molecular weight is 395 g/mol. The number of carbonyl (C=O) groups is 1. The summed E-state index contributed by atoms with van der Waals surface area (Å²) >= 11 is 13.8. The van der Waals surface area contributed by atoms with Crippen LogP contribution in [0, 0.1) is 0 Å². The highest BCUT2D eigenvalue weighted by atomic mass is 35.5. The summed E-state index contributed by atoms with van der Waals surface area (Å²) < 4.78 is 5.84. The van der Waals surface area contributed by atoms with Gasteiger partial charge in [-0.2, -0.15) is 0 Å². The molecule has 4 nitrogen and oxygen atoms in total. The topological polar surface area (TPSA) is 45.8 Å². The first kappa shape index (κ1) is 18.1. The van der Waals surface area contributed by atoms with Crippen LogP contribution in [0.15, 0.2) is 44.6 Å². The maximum absolute atomic E-state index is 12.5. The van der Waals surface area contributed by atoms with Gasteiger partial charge in [-0.15, -0.1) is 0 Å². The second-order valence-corrected chi connectivity index (χ2v) is 7.04. The summed E-state index contributed by atoms with van der Waals surface area (Å²) in [6.45, 7) is 5.09. The lowest BCUT2D eigenvalue weighted by Crippen LogP contribution is -2.28. The van der Waals surface area contributed by atoms with Crippen molar-refractivity contribution < 1.29 is 9.21 Å². The smallest absolute Gasteiger partial charge is 0.266 e. The molecule has 7 heteroatoms. The quantitative estimate of drug-likeness (QED) is 0.637. The van der Waals surface area contributed by atoms with Crippen molar-refractivity contribution in [2.45, 2.75) is 13.8 Å². The molecule has 0 radical (unpaired) electrons. The number of rotatable bonds is 4. The molecule has 1 saturated heterocycles. The van der Waals surface area contributed by atoms with Crippen molar-refractivity contribution >= 4 is 52.1 Å². The number of halogens is 2. The van der Waals surface area contributed by atoms with E-state index in [2.05, 4.69) is 4.99 Å². The first-order valence-corrected chi connectivity index (χ1v) is 9.42. The van der Waals surface area contributed by atoms with Gasteiger partial charge < -0.3 is 4.42 Å². The second kappa shape index (κ2) is 7.68. The van der Waals surface area contributed by atoms with Gasteiger partial charge in [-0.3, -0.25) is 14.7 Å². The van der Waals surface area contributed by atoms with E-state index < -0.39 is 0 Å². The Morgan fingerprint density at radius 1 is 1.20 bits per heavy atom. The number of furan rings is 1. The van der Waals surface area contributed by atoms with E-state index in [0.717, 1.165) is 5.17 Å². The molecule has 0 N–H and O–H groups in total. The fourth-order valence-electron chi connectivity index (χ4n) is 2.47. The van der Waals surface area contributed by atoms with Gasteiger partial charge >= 0.3 is 0 Å². The van der Waals surface area contributed by atoms with E-state index in [-0.39, 0.29) is 5.91 Å². The number of amides is 1. The van der Waals surface area contributed by atoms with Crippen LogP contribution in [0.3, 0.4) is 0 Å². The highest BCUT2D eigenvalue weighted by Crippen LogP contribution is 2.37. The summed E-state index contributed by atoms with van der Waals surface area (Å²) in [5.41, 5.74) is 0.643. The third-order valence-electron chi connectivity index (χ3n) is 3.61. The summed E-state index contributed by atoms with van der Waals surface area (Å²) in [7, 11) is 0. The van der Waals surface area contributed by atoms with Gasteiger partial charge in [0.05, 0.1) is 20.5 Å². The van der Waals surface area contributed by atoms with E-state index in [9.17, 15) is 4.79 Å². The molecule has 3 rings (SSSR count). The van der Waals surface area contributed by atoms with Gasteiger partial charge in [0.25, 0.3) is 5.91 Å². The van der Waals surface area contributed by atoms with Crippen molar-refractivity contribution in [3.05, 3.63) is 51.0 Å². The Kier molecular flexibility index (Phi) is 5.57. The Hall–Kier alpha value is -1.69. The number of hydrogen-bond donors (Lipinski definition) is 0. The lowest BCUT2D eigenvalue weighted by Gasteiger charge is -2.11. The Morgan fingerprint density at radius 3 is 2.56 bits per heavy atom. The number of aliphatic imine (C=N–C) groups is 1. The third kappa shape index (κ3) is 3.64. The van der Waals surface area contributed by atoms with Crippen LogP contribution in [0.5, 0.6) is 0 Å². The molecule has 1 aliphatic rings. The highest BCUT2D eigenvalue weighted by molar-refractivity contribution is 8.18. The largest absolute Gasteiger partial charge is 0.457 e. The molecule has 2 heterocycles. The molecular weight excluding hydrogens is 379 g/mol. The van der Waals surface area contributed by atoms with Crippen molar-refractivity contribution in [1.29, 1.82) is 0 Å². The van der Waals surface area contributed by atoms with E-state index in [1.165, 1.54) is 11.8 Å². The predicted molar refractivity (Wildman–Crippen MR) is 105 cm³/mol. The van der Waals surface area contributed by atoms with Gasteiger partial charge in [0, 0.05) is 19.2 Å². The van der Waals surface area contributed by atoms with Gasteiger partial charge in [-0.1, -0.05) is 29.3 Å². The zero-order chi connectivity index (χ0) is 18.0. The normalized spacial score (nSPS) is 17.9. The molecule has 0 spiro atoms. The Bertz CT molecular complexity index is 853. The maximum atomic E-state index is 12.5. The number of nitrogens with zero attached hydrogens (tertiary/aromatic N) is 2. The molecule has 0 saturated carbocycles. The van der Waals surface area contributed by atoms with Crippen molar-refractivity contribution in [1.82, 2.24) is 4.90 Å². The number of likely N-dealkylation sites (N-methyl/N-ethyl adjacent to an activating group) is 1. The molecule has 2 aromatic rings. The number of amidine groups is 1. The summed E-state index contributed by atoms with van der Waals surface area (Å²) in [6.07, 6.45) is 1.72. The second-order valence-electron chi connectivity index (χ2n) is 5.22. The zero-order valence-electron chi connectivity index (χ0n) is 13.8. The molecule has 1 amide bonds. The zero-order valence-corrected chi connectivity index (χ0v) is 16.1. The molecule has 0 aliphatic carbocycles. The Labute approximate surface area is 160 Å². The lowest BCUT2D eigenvalue weighted by atomic mass is 10.2. The van der Waals surface area contributed by atoms with Crippen molar-refractivity contribution in [2.24, 2.45) is 4.99 Å². The summed E-state index contributed by atoms with van der Waals surface area (Å²) in [5, 5.41) is 1.76. The van der Waals surface area contributed by atoms with Gasteiger partial charge in [0.1, 0.15) is 11.5 Å². The van der Waals surface area contributed by atoms with Crippen LogP contribution < -0.4 is 0 Å². The molecule has 1 fully saturated rings. The van der Waals surface area contributed by atoms with E-state index in [1.54, 1.807) is 41.3 Å². The minimum absolute atomic E-state index is 0.0616. The summed E-state index contributed by atoms with van der Waals surface area (Å²) in [4.78, 5) is 19.1. The number of hydrogen-bond acceptors (Lipinski definition) is 4. The average Bonchev–Trinajstić information content (AvgIpc) is 3.13. The van der Waals surface area contributed by atoms with E-state index >= 15 is 0 Å². The van der Waals surface area contributed by atoms with Gasteiger partial charge in [0.2, 0.25) is 0 Å². The van der Waals surface area contributed by atoms with Crippen molar-refractivity contribution in [2.75, 3.05) is 13.1 Å². The molecule has 130 valence electrons. The minimum atomic E-state index is -0.0616. The van der Waals surface area contributed by atoms with Crippen LogP contribution in [0.4, 0.5) is 0 Å². The molecule has 1 aliphatic heterocycles. The van der Waals surface area contributed by atoms with Crippen LogP contribution in [-0.4, -0.2) is 29.1 Å². The standard InChI is InChI=1S/C18H16Cl2N2O2S/c1-3-21-18-22(4-2)17(23)15(25-18)10-11-8-9-14(24-11)16-12(19)6-5-7-13(16)20/h5-10H,3-4H2,1-2H3/b15-10+,21-18?. The molecule has 25 heavy (non-hydrogen) atoms. The van der Waals surface area contributed by atoms with Crippen LogP contribution in [0.1, 0.15) is 19.6 Å². The number of benzene rings is 1.